The second-order valence-corrected chi connectivity index (χ2v) is 5.22. The van der Waals surface area contributed by atoms with Crippen LogP contribution < -0.4 is 10.2 Å². The van der Waals surface area contributed by atoms with Crippen LogP contribution in [0.1, 0.15) is 65.7 Å². The standard InChI is InChI=1S/C14H26O4.Ba/c1-4-5-6-7-8-9-10-14(11(2)3,12(15)16)13(17)18;/h11H,4-10H2,1-3H3,(H,15,16)(H,17,18);/q;+2/p-2. The van der Waals surface area contributed by atoms with E-state index in [4.69, 9.17) is 0 Å². The second-order valence-electron chi connectivity index (χ2n) is 5.22. The molecule has 0 rings (SSSR count). The van der Waals surface area contributed by atoms with Crippen LogP contribution in [-0.4, -0.2) is 60.8 Å². The van der Waals surface area contributed by atoms with Crippen LogP contribution in [0.5, 0.6) is 0 Å². The number of carboxylic acids is 2. The fourth-order valence-electron chi connectivity index (χ4n) is 2.23. The van der Waals surface area contributed by atoms with Crippen LogP contribution >= 0.6 is 0 Å². The Morgan fingerprint density at radius 3 is 1.74 bits per heavy atom. The molecule has 0 heterocycles. The van der Waals surface area contributed by atoms with Crippen LogP contribution in [-0.2, 0) is 9.59 Å². The third-order valence-electron chi connectivity index (χ3n) is 3.64. The summed E-state index contributed by atoms with van der Waals surface area (Å²) in [5.41, 5.74) is -1.84. The van der Waals surface area contributed by atoms with Gasteiger partial charge in [0.15, 0.2) is 0 Å². The maximum absolute atomic E-state index is 11.1. The molecule has 4 nitrogen and oxygen atoms in total. The van der Waals surface area contributed by atoms with E-state index in [9.17, 15) is 19.8 Å². The molecule has 19 heavy (non-hydrogen) atoms. The Morgan fingerprint density at radius 1 is 0.947 bits per heavy atom. The third-order valence-corrected chi connectivity index (χ3v) is 3.64. The van der Waals surface area contributed by atoms with Gasteiger partial charge in [0.05, 0.1) is 17.4 Å². The molecule has 0 radical (unpaired) electrons. The van der Waals surface area contributed by atoms with Gasteiger partial charge in [0, 0.05) is 0 Å². The van der Waals surface area contributed by atoms with Gasteiger partial charge in [-0.2, -0.15) is 0 Å². The number of unbranched alkanes of at least 4 members (excludes halogenated alkanes) is 5. The maximum atomic E-state index is 11.1. The Morgan fingerprint density at radius 2 is 1.37 bits per heavy atom. The Bertz CT molecular complexity index is 263. The number of hydrogen-bond donors (Lipinski definition) is 0. The molecule has 0 aliphatic rings. The number of carbonyl (C=O) groups is 2. The van der Waals surface area contributed by atoms with Gasteiger partial charge < -0.3 is 19.8 Å². The molecule has 0 fully saturated rings. The van der Waals surface area contributed by atoms with Gasteiger partial charge in [-0.3, -0.25) is 0 Å². The van der Waals surface area contributed by atoms with E-state index in [1.807, 2.05) is 0 Å². The van der Waals surface area contributed by atoms with Crippen LogP contribution in [0.2, 0.25) is 0 Å². The van der Waals surface area contributed by atoms with Crippen LogP contribution in [0.25, 0.3) is 0 Å². The monoisotopic (exact) mass is 394 g/mol. The first-order valence-corrected chi connectivity index (χ1v) is 6.82. The predicted octanol–water partition coefficient (Wildman–Crippen LogP) is 0.498. The van der Waals surface area contributed by atoms with E-state index in [0.717, 1.165) is 32.1 Å². The molecule has 0 aliphatic heterocycles. The molecular weight excluding hydrogens is 369 g/mol. The summed E-state index contributed by atoms with van der Waals surface area (Å²) in [5.74, 6) is -3.57. The van der Waals surface area contributed by atoms with E-state index in [2.05, 4.69) is 6.92 Å². The molecule has 0 unspecified atom stereocenters. The Balaban J connectivity index is 0. The third kappa shape index (κ3) is 6.67. The van der Waals surface area contributed by atoms with Crippen molar-refractivity contribution in [2.45, 2.75) is 65.7 Å². The molecule has 0 saturated carbocycles. The molecule has 0 aromatic carbocycles. The minimum Gasteiger partial charge on any atom is -0.549 e. The van der Waals surface area contributed by atoms with E-state index in [-0.39, 0.29) is 55.3 Å². The molecule has 0 aliphatic carbocycles. The Labute approximate surface area is 156 Å². The van der Waals surface area contributed by atoms with E-state index < -0.39 is 23.3 Å². The van der Waals surface area contributed by atoms with Gasteiger partial charge in [0.2, 0.25) is 0 Å². The zero-order valence-corrected chi connectivity index (χ0v) is 16.8. The number of carboxylic acid groups (broad SMARTS) is 2. The molecule has 5 heteroatoms. The summed E-state index contributed by atoms with van der Waals surface area (Å²) in [6, 6.07) is 0. The van der Waals surface area contributed by atoms with Gasteiger partial charge in [-0.15, -0.1) is 0 Å². The van der Waals surface area contributed by atoms with Crippen LogP contribution in [0, 0.1) is 11.3 Å². The summed E-state index contributed by atoms with van der Waals surface area (Å²) in [7, 11) is 0. The van der Waals surface area contributed by atoms with Crippen molar-refractivity contribution in [1.29, 1.82) is 0 Å². The van der Waals surface area contributed by atoms with Gasteiger partial charge in [0.25, 0.3) is 0 Å². The minimum absolute atomic E-state index is 0. The number of aliphatic carboxylic acids is 2. The minimum atomic E-state index is -1.84. The van der Waals surface area contributed by atoms with E-state index in [1.165, 1.54) is 0 Å². The molecule has 0 atom stereocenters. The number of rotatable bonds is 10. The molecule has 0 aromatic rings. The first-order valence-electron chi connectivity index (χ1n) is 6.82. The molecule has 106 valence electrons. The SMILES string of the molecule is CCCCCCCCC(C(=O)[O-])(C(=O)[O-])C(C)C.[Ba+2]. The van der Waals surface area contributed by atoms with Crippen molar-refractivity contribution >= 4 is 60.8 Å². The van der Waals surface area contributed by atoms with E-state index in [0.29, 0.717) is 6.42 Å². The summed E-state index contributed by atoms with van der Waals surface area (Å²) in [6.07, 6.45) is 5.98. The molecule has 0 amide bonds. The fourth-order valence-corrected chi connectivity index (χ4v) is 2.23. The first-order chi connectivity index (χ1) is 8.39. The van der Waals surface area contributed by atoms with Gasteiger partial charge >= 0.3 is 48.9 Å². The van der Waals surface area contributed by atoms with Gasteiger partial charge in [-0.1, -0.05) is 59.3 Å². The summed E-state index contributed by atoms with van der Waals surface area (Å²) in [6.45, 7) is 5.29. The van der Waals surface area contributed by atoms with Crippen molar-refractivity contribution in [1.82, 2.24) is 0 Å². The van der Waals surface area contributed by atoms with Crippen LogP contribution in [0.3, 0.4) is 0 Å². The van der Waals surface area contributed by atoms with Crippen LogP contribution in [0.4, 0.5) is 0 Å². The molecule has 0 aromatic heterocycles. The molecule has 0 bridgehead atoms. The van der Waals surface area contributed by atoms with Gasteiger partial charge in [-0.05, 0) is 12.3 Å². The zero-order valence-electron chi connectivity index (χ0n) is 12.4. The zero-order chi connectivity index (χ0) is 14.2. The van der Waals surface area contributed by atoms with Gasteiger partial charge in [-0.25, -0.2) is 0 Å². The molecular formula is C14H24BaO4. The van der Waals surface area contributed by atoms with E-state index in [1.54, 1.807) is 13.8 Å². The first kappa shape index (κ1) is 21.8. The summed E-state index contributed by atoms with van der Waals surface area (Å²) in [5, 5.41) is 22.3. The second kappa shape index (κ2) is 11.2. The fraction of sp³-hybridized carbons (Fsp3) is 0.857. The molecule has 0 spiro atoms. The van der Waals surface area contributed by atoms with Crippen molar-refractivity contribution in [3.8, 4) is 0 Å². The van der Waals surface area contributed by atoms with Crippen LogP contribution in [0.15, 0.2) is 0 Å². The molecule has 0 saturated heterocycles. The topological polar surface area (TPSA) is 80.3 Å². The van der Waals surface area contributed by atoms with Crippen molar-refractivity contribution in [2.75, 3.05) is 0 Å². The number of carbonyl (C=O) groups excluding carboxylic acids is 2. The average molecular weight is 394 g/mol. The smallest absolute Gasteiger partial charge is 0.549 e. The Hall–Kier alpha value is 0.511. The van der Waals surface area contributed by atoms with Gasteiger partial charge in [0.1, 0.15) is 0 Å². The summed E-state index contributed by atoms with van der Waals surface area (Å²) in [4.78, 5) is 22.3. The number of hydrogen-bond acceptors (Lipinski definition) is 4. The molecule has 0 N–H and O–H groups in total. The largest absolute Gasteiger partial charge is 2.00 e. The van der Waals surface area contributed by atoms with Crippen molar-refractivity contribution in [3.63, 3.8) is 0 Å². The van der Waals surface area contributed by atoms with Crippen molar-refractivity contribution in [2.24, 2.45) is 11.3 Å². The predicted molar refractivity (Wildman–Crippen MR) is 71.0 cm³/mol. The summed E-state index contributed by atoms with van der Waals surface area (Å²) >= 11 is 0. The Kier molecular flexibility index (Phi) is 12.9. The average Bonchev–Trinajstić information content (AvgIpc) is 2.26. The normalized spacial score (nSPS) is 11.2. The summed E-state index contributed by atoms with van der Waals surface area (Å²) < 4.78 is 0. The van der Waals surface area contributed by atoms with E-state index >= 15 is 0 Å². The van der Waals surface area contributed by atoms with Crippen molar-refractivity contribution < 1.29 is 19.8 Å². The van der Waals surface area contributed by atoms with Crippen molar-refractivity contribution in [3.05, 3.63) is 0 Å². The quantitative estimate of drug-likeness (QED) is 0.307. The maximum Gasteiger partial charge on any atom is 2.00 e.